The minimum absolute atomic E-state index is 0.0888. The number of carbonyl (C=O) groups is 1. The predicted octanol–water partition coefficient (Wildman–Crippen LogP) is 4.74. The van der Waals surface area contributed by atoms with Crippen LogP contribution in [0.5, 0.6) is 5.75 Å². The standard InChI is InChI=1S/C18H21NO2S2/c1-12-7-8-16(13(2)9-12)21-10-15-14(11-22)5-4-6-17(15)23-18(20)19-3/h4-9,22H,10-11H2,1-3H3,(H,19,20). The van der Waals surface area contributed by atoms with Crippen LogP contribution in [0.2, 0.25) is 0 Å². The lowest BCUT2D eigenvalue weighted by Gasteiger charge is -2.15. The van der Waals surface area contributed by atoms with Crippen molar-refractivity contribution >= 4 is 29.6 Å². The van der Waals surface area contributed by atoms with E-state index in [-0.39, 0.29) is 5.24 Å². The van der Waals surface area contributed by atoms with Crippen LogP contribution in [0.4, 0.5) is 4.79 Å². The smallest absolute Gasteiger partial charge is 0.283 e. The van der Waals surface area contributed by atoms with E-state index in [9.17, 15) is 4.79 Å². The van der Waals surface area contributed by atoms with Crippen LogP contribution in [-0.4, -0.2) is 12.3 Å². The number of thioether (sulfide) groups is 1. The van der Waals surface area contributed by atoms with Crippen molar-refractivity contribution in [3.63, 3.8) is 0 Å². The first kappa shape index (κ1) is 17.8. The highest BCUT2D eigenvalue weighted by Crippen LogP contribution is 2.29. The van der Waals surface area contributed by atoms with Gasteiger partial charge in [-0.1, -0.05) is 29.8 Å². The fraction of sp³-hybridized carbons (Fsp3) is 0.278. The summed E-state index contributed by atoms with van der Waals surface area (Å²) in [6.45, 7) is 4.51. The van der Waals surface area contributed by atoms with Crippen LogP contribution < -0.4 is 10.1 Å². The maximum absolute atomic E-state index is 11.7. The van der Waals surface area contributed by atoms with Crippen molar-refractivity contribution in [2.45, 2.75) is 31.1 Å². The van der Waals surface area contributed by atoms with E-state index in [4.69, 9.17) is 4.74 Å². The van der Waals surface area contributed by atoms with E-state index >= 15 is 0 Å². The third-order valence-electron chi connectivity index (χ3n) is 3.51. The largest absolute Gasteiger partial charge is 0.489 e. The van der Waals surface area contributed by atoms with Crippen molar-refractivity contribution < 1.29 is 9.53 Å². The lowest BCUT2D eigenvalue weighted by molar-refractivity contribution is 0.262. The minimum atomic E-state index is -0.0888. The molecule has 2 aromatic rings. The summed E-state index contributed by atoms with van der Waals surface area (Å²) in [5.74, 6) is 1.47. The van der Waals surface area contributed by atoms with Crippen LogP contribution in [-0.2, 0) is 12.4 Å². The van der Waals surface area contributed by atoms with Crippen molar-refractivity contribution in [2.24, 2.45) is 0 Å². The molecule has 0 aromatic heterocycles. The molecule has 0 saturated carbocycles. The lowest BCUT2D eigenvalue weighted by atomic mass is 10.1. The van der Waals surface area contributed by atoms with Gasteiger partial charge in [0.1, 0.15) is 12.4 Å². The van der Waals surface area contributed by atoms with Gasteiger partial charge in [-0.3, -0.25) is 4.79 Å². The molecule has 0 heterocycles. The molecule has 0 saturated heterocycles. The van der Waals surface area contributed by atoms with Gasteiger partial charge in [0, 0.05) is 23.3 Å². The molecule has 2 aromatic carbocycles. The molecule has 0 fully saturated rings. The molecule has 0 aliphatic rings. The summed E-state index contributed by atoms with van der Waals surface area (Å²) in [5, 5.41) is 2.54. The van der Waals surface area contributed by atoms with E-state index in [1.807, 2.05) is 37.3 Å². The molecular formula is C18H21NO2S2. The minimum Gasteiger partial charge on any atom is -0.489 e. The monoisotopic (exact) mass is 347 g/mol. The highest BCUT2D eigenvalue weighted by molar-refractivity contribution is 8.13. The summed E-state index contributed by atoms with van der Waals surface area (Å²) in [5.41, 5.74) is 4.40. The molecule has 0 unspecified atom stereocenters. The average molecular weight is 348 g/mol. The van der Waals surface area contributed by atoms with Gasteiger partial charge in [0.05, 0.1) is 0 Å². The summed E-state index contributed by atoms with van der Waals surface area (Å²) < 4.78 is 6.00. The van der Waals surface area contributed by atoms with Crippen LogP contribution >= 0.6 is 24.4 Å². The van der Waals surface area contributed by atoms with E-state index in [0.29, 0.717) is 12.4 Å². The molecular weight excluding hydrogens is 326 g/mol. The van der Waals surface area contributed by atoms with Gasteiger partial charge in [-0.25, -0.2) is 0 Å². The van der Waals surface area contributed by atoms with E-state index in [2.05, 4.69) is 30.9 Å². The summed E-state index contributed by atoms with van der Waals surface area (Å²) in [7, 11) is 1.63. The second kappa shape index (κ2) is 8.31. The van der Waals surface area contributed by atoms with E-state index in [1.54, 1.807) is 7.05 Å². The van der Waals surface area contributed by atoms with Gasteiger partial charge in [-0.2, -0.15) is 12.6 Å². The zero-order valence-corrected chi connectivity index (χ0v) is 15.3. The summed E-state index contributed by atoms with van der Waals surface area (Å²) >= 11 is 5.57. The van der Waals surface area contributed by atoms with Crippen molar-refractivity contribution in [2.75, 3.05) is 7.05 Å². The lowest BCUT2D eigenvalue weighted by Crippen LogP contribution is -2.12. The van der Waals surface area contributed by atoms with Gasteiger partial charge in [-0.05, 0) is 48.9 Å². The summed E-state index contributed by atoms with van der Waals surface area (Å²) in [6, 6.07) is 12.0. The summed E-state index contributed by atoms with van der Waals surface area (Å²) in [6.07, 6.45) is 0. The number of thiol groups is 1. The number of carbonyl (C=O) groups excluding carboxylic acids is 1. The Morgan fingerprint density at radius 1 is 1.26 bits per heavy atom. The Labute approximate surface area is 147 Å². The zero-order chi connectivity index (χ0) is 16.8. The topological polar surface area (TPSA) is 38.3 Å². The van der Waals surface area contributed by atoms with Gasteiger partial charge in [-0.15, -0.1) is 0 Å². The molecule has 0 spiro atoms. The Hall–Kier alpha value is -1.59. The fourth-order valence-corrected chi connectivity index (χ4v) is 3.34. The molecule has 0 bridgehead atoms. The average Bonchev–Trinajstić information content (AvgIpc) is 2.54. The molecule has 0 aliphatic heterocycles. The molecule has 2 rings (SSSR count). The van der Waals surface area contributed by atoms with Gasteiger partial charge in [0.15, 0.2) is 0 Å². The molecule has 3 nitrogen and oxygen atoms in total. The number of aryl methyl sites for hydroxylation is 2. The molecule has 1 N–H and O–H groups in total. The number of hydrogen-bond donors (Lipinski definition) is 2. The SMILES string of the molecule is CNC(=O)Sc1cccc(CS)c1COc1ccc(C)cc1C. The fourth-order valence-electron chi connectivity index (χ4n) is 2.28. The third kappa shape index (κ3) is 4.69. The quantitative estimate of drug-likeness (QED) is 0.606. The van der Waals surface area contributed by atoms with Gasteiger partial charge in [0.2, 0.25) is 0 Å². The van der Waals surface area contributed by atoms with Gasteiger partial charge in [0.25, 0.3) is 5.24 Å². The molecule has 0 aliphatic carbocycles. The molecule has 0 radical (unpaired) electrons. The molecule has 122 valence electrons. The van der Waals surface area contributed by atoms with Crippen LogP contribution in [0.1, 0.15) is 22.3 Å². The normalized spacial score (nSPS) is 10.4. The van der Waals surface area contributed by atoms with Gasteiger partial charge < -0.3 is 10.1 Å². The molecule has 23 heavy (non-hydrogen) atoms. The number of amides is 1. The number of ether oxygens (including phenoxy) is 1. The second-order valence-corrected chi connectivity index (χ2v) is 6.58. The molecule has 5 heteroatoms. The Morgan fingerprint density at radius 3 is 2.70 bits per heavy atom. The first-order valence-corrected chi connectivity index (χ1v) is 8.81. The predicted molar refractivity (Wildman–Crippen MR) is 99.7 cm³/mol. The van der Waals surface area contributed by atoms with Crippen LogP contribution in [0, 0.1) is 13.8 Å². The Balaban J connectivity index is 2.24. The number of benzene rings is 2. The van der Waals surface area contributed by atoms with Crippen LogP contribution in [0.25, 0.3) is 0 Å². The van der Waals surface area contributed by atoms with Gasteiger partial charge >= 0.3 is 0 Å². The number of nitrogens with one attached hydrogen (secondary N) is 1. The summed E-state index contributed by atoms with van der Waals surface area (Å²) in [4.78, 5) is 12.6. The third-order valence-corrected chi connectivity index (χ3v) is 4.84. The Morgan fingerprint density at radius 2 is 2.04 bits per heavy atom. The van der Waals surface area contributed by atoms with Crippen molar-refractivity contribution in [1.82, 2.24) is 5.32 Å². The first-order valence-electron chi connectivity index (χ1n) is 7.36. The van der Waals surface area contributed by atoms with Crippen molar-refractivity contribution in [1.29, 1.82) is 0 Å². The first-order chi connectivity index (χ1) is 11.0. The Bertz CT molecular complexity index is 701. The maximum Gasteiger partial charge on any atom is 0.283 e. The zero-order valence-electron chi connectivity index (χ0n) is 13.6. The van der Waals surface area contributed by atoms with Crippen LogP contribution in [0.15, 0.2) is 41.3 Å². The highest BCUT2D eigenvalue weighted by Gasteiger charge is 2.12. The highest BCUT2D eigenvalue weighted by atomic mass is 32.2. The maximum atomic E-state index is 11.7. The van der Waals surface area contributed by atoms with E-state index in [1.165, 1.54) is 17.3 Å². The second-order valence-electron chi connectivity index (χ2n) is 5.25. The molecule has 1 amide bonds. The van der Waals surface area contributed by atoms with Crippen LogP contribution in [0.3, 0.4) is 0 Å². The number of hydrogen-bond acceptors (Lipinski definition) is 4. The van der Waals surface area contributed by atoms with E-state index < -0.39 is 0 Å². The molecule has 0 atom stereocenters. The Kier molecular flexibility index (Phi) is 6.42. The number of rotatable bonds is 5. The van der Waals surface area contributed by atoms with Crippen molar-refractivity contribution in [3.8, 4) is 5.75 Å². The van der Waals surface area contributed by atoms with Crippen molar-refractivity contribution in [3.05, 3.63) is 58.7 Å². The van der Waals surface area contributed by atoms with E-state index in [0.717, 1.165) is 27.3 Å².